The fourth-order valence-electron chi connectivity index (χ4n) is 1.86. The summed E-state index contributed by atoms with van der Waals surface area (Å²) in [6.45, 7) is -0.0930. The summed E-state index contributed by atoms with van der Waals surface area (Å²) in [5.74, 6) is -0.586. The number of sulfonamides is 1. The van der Waals surface area contributed by atoms with E-state index in [0.29, 0.717) is 5.69 Å². The number of carbonyl (C=O) groups is 1. The maximum atomic E-state index is 12.3. The van der Waals surface area contributed by atoms with E-state index in [0.717, 1.165) is 11.3 Å². The molecule has 110 valence electrons. The number of fused-ring (bicyclic) bond motifs is 1. The van der Waals surface area contributed by atoms with Gasteiger partial charge in [0, 0.05) is 5.69 Å². The zero-order valence-corrected chi connectivity index (χ0v) is 12.2. The molecule has 0 spiro atoms. The number of anilines is 1. The summed E-state index contributed by atoms with van der Waals surface area (Å²) in [5, 5.41) is 8.00. The molecule has 2 aromatic rings. The Balaban J connectivity index is 2.01. The van der Waals surface area contributed by atoms with Crippen molar-refractivity contribution in [2.24, 2.45) is 5.14 Å². The number of hydrogen-bond acceptors (Lipinski definition) is 6. The maximum Gasteiger partial charge on any atom is 0.267 e. The molecule has 0 radical (unpaired) electrons. The molecule has 0 bridgehead atoms. The Morgan fingerprint density at radius 1 is 1.24 bits per heavy atom. The molecule has 1 aliphatic rings. The van der Waals surface area contributed by atoms with Crippen LogP contribution in [0.4, 0.5) is 5.69 Å². The second-order valence-electron chi connectivity index (χ2n) is 4.15. The van der Waals surface area contributed by atoms with E-state index in [1.807, 2.05) is 0 Å². The first-order valence-corrected chi connectivity index (χ1v) is 8.14. The molecule has 0 atom stereocenters. The molecule has 0 aliphatic carbocycles. The van der Waals surface area contributed by atoms with Gasteiger partial charge in [-0.05, 0) is 12.1 Å². The van der Waals surface area contributed by atoms with Gasteiger partial charge < -0.3 is 14.8 Å². The van der Waals surface area contributed by atoms with Crippen LogP contribution in [0.3, 0.4) is 0 Å². The molecule has 3 rings (SSSR count). The summed E-state index contributed by atoms with van der Waals surface area (Å²) >= 11 is 0.884. The number of primary sulfonamides is 1. The van der Waals surface area contributed by atoms with Crippen molar-refractivity contribution >= 4 is 33.0 Å². The van der Waals surface area contributed by atoms with E-state index >= 15 is 0 Å². The van der Waals surface area contributed by atoms with E-state index in [-0.39, 0.29) is 27.4 Å². The second kappa shape index (κ2) is 5.02. The van der Waals surface area contributed by atoms with Crippen LogP contribution < -0.4 is 19.9 Å². The first-order valence-electron chi connectivity index (χ1n) is 5.78. The number of nitrogens with two attached hydrogens (primary N) is 1. The third-order valence-corrected chi connectivity index (χ3v) is 4.88. The minimum atomic E-state index is -4.11. The molecule has 0 saturated carbocycles. The van der Waals surface area contributed by atoms with Crippen molar-refractivity contribution < 1.29 is 22.7 Å². The van der Waals surface area contributed by atoms with E-state index in [2.05, 4.69) is 5.32 Å². The molecule has 0 unspecified atom stereocenters. The zero-order valence-electron chi connectivity index (χ0n) is 10.5. The Morgan fingerprint density at radius 2 is 1.95 bits per heavy atom. The van der Waals surface area contributed by atoms with Crippen LogP contribution >= 0.6 is 11.3 Å². The number of nitrogens with one attached hydrogen (secondary N) is 1. The van der Waals surface area contributed by atoms with Crippen molar-refractivity contribution in [3.63, 3.8) is 0 Å². The molecule has 7 nitrogen and oxygen atoms in total. The first kappa shape index (κ1) is 13.9. The summed E-state index contributed by atoms with van der Waals surface area (Å²) in [6.07, 6.45) is 0. The van der Waals surface area contributed by atoms with Crippen molar-refractivity contribution in [2.75, 3.05) is 12.1 Å². The highest BCUT2D eigenvalue weighted by Gasteiger charge is 2.34. The predicted octanol–water partition coefficient (Wildman–Crippen LogP) is 1.38. The van der Waals surface area contributed by atoms with Crippen molar-refractivity contribution in [2.45, 2.75) is 4.90 Å². The number of amides is 1. The number of carbonyl (C=O) groups excluding carboxylic acids is 1. The summed E-state index contributed by atoms with van der Waals surface area (Å²) in [7, 11) is -4.11. The van der Waals surface area contributed by atoms with E-state index in [4.69, 9.17) is 14.6 Å². The molecule has 1 amide bonds. The molecule has 1 aromatic heterocycles. The van der Waals surface area contributed by atoms with Crippen LogP contribution in [0.2, 0.25) is 0 Å². The third kappa shape index (κ3) is 2.58. The van der Waals surface area contributed by atoms with Gasteiger partial charge in [-0.1, -0.05) is 29.5 Å². The molecule has 0 fully saturated rings. The summed E-state index contributed by atoms with van der Waals surface area (Å²) in [4.78, 5) is 11.9. The van der Waals surface area contributed by atoms with Gasteiger partial charge in [-0.25, -0.2) is 13.6 Å². The van der Waals surface area contributed by atoms with E-state index in [9.17, 15) is 13.2 Å². The Hall–Kier alpha value is -2.10. The van der Waals surface area contributed by atoms with Crippen LogP contribution in [-0.4, -0.2) is 21.1 Å². The van der Waals surface area contributed by atoms with Crippen LogP contribution in [-0.2, 0) is 10.0 Å². The molecule has 1 aromatic carbocycles. The van der Waals surface area contributed by atoms with E-state index < -0.39 is 15.9 Å². The highest BCUT2D eigenvalue weighted by Crippen LogP contribution is 2.47. The number of rotatable bonds is 3. The lowest BCUT2D eigenvalue weighted by atomic mass is 10.3. The van der Waals surface area contributed by atoms with Gasteiger partial charge in [-0.3, -0.25) is 4.79 Å². The minimum Gasteiger partial charge on any atom is -0.451 e. The molecule has 3 N–H and O–H groups in total. The van der Waals surface area contributed by atoms with Gasteiger partial charge in [0.1, 0.15) is 4.88 Å². The summed E-state index contributed by atoms with van der Waals surface area (Å²) in [6, 6.07) is 8.66. The highest BCUT2D eigenvalue weighted by atomic mass is 32.2. The lowest BCUT2D eigenvalue weighted by molar-refractivity contribution is 0.102. The van der Waals surface area contributed by atoms with Gasteiger partial charge >= 0.3 is 0 Å². The molecular weight excluding hydrogens is 316 g/mol. The van der Waals surface area contributed by atoms with Gasteiger partial charge in [0.25, 0.3) is 5.91 Å². The Kier molecular flexibility index (Phi) is 3.32. The Morgan fingerprint density at radius 3 is 2.62 bits per heavy atom. The number of hydrogen-bond donors (Lipinski definition) is 2. The number of benzene rings is 1. The molecule has 9 heteroatoms. The lowest BCUT2D eigenvalue weighted by Gasteiger charge is -2.06. The normalized spacial score (nSPS) is 13.2. The summed E-state index contributed by atoms with van der Waals surface area (Å²) < 4.78 is 33.6. The molecule has 1 aliphatic heterocycles. The van der Waals surface area contributed by atoms with Crippen molar-refractivity contribution in [3.8, 4) is 10.8 Å². The SMILES string of the molecule is NS(=O)(=O)c1c(C(=O)Nc2ccccc2)sc2c1OCO2. The van der Waals surface area contributed by atoms with Gasteiger partial charge in [-0.15, -0.1) is 0 Å². The predicted molar refractivity (Wildman–Crippen MR) is 76.2 cm³/mol. The number of ether oxygens (including phenoxy) is 2. The average Bonchev–Trinajstić information content (AvgIpc) is 2.97. The Bertz CT molecular complexity index is 799. The fraction of sp³-hybridized carbons (Fsp3) is 0.0833. The van der Waals surface area contributed by atoms with Gasteiger partial charge in [0.15, 0.2) is 10.6 Å². The van der Waals surface area contributed by atoms with E-state index in [1.54, 1.807) is 30.3 Å². The zero-order chi connectivity index (χ0) is 15.0. The van der Waals surface area contributed by atoms with Crippen LogP contribution in [0, 0.1) is 0 Å². The number of para-hydroxylation sites is 1. The van der Waals surface area contributed by atoms with Gasteiger partial charge in [0.05, 0.1) is 0 Å². The smallest absolute Gasteiger partial charge is 0.267 e. The van der Waals surface area contributed by atoms with Crippen LogP contribution in [0.15, 0.2) is 35.2 Å². The van der Waals surface area contributed by atoms with Crippen molar-refractivity contribution in [1.29, 1.82) is 0 Å². The molecule has 21 heavy (non-hydrogen) atoms. The fourth-order valence-corrected chi connectivity index (χ4v) is 4.03. The molecular formula is C12H10N2O5S2. The molecule has 0 saturated heterocycles. The lowest BCUT2D eigenvalue weighted by Crippen LogP contribution is -2.19. The van der Waals surface area contributed by atoms with Crippen molar-refractivity contribution in [1.82, 2.24) is 0 Å². The quantitative estimate of drug-likeness (QED) is 0.886. The van der Waals surface area contributed by atoms with Crippen LogP contribution in [0.25, 0.3) is 0 Å². The largest absolute Gasteiger partial charge is 0.451 e. The van der Waals surface area contributed by atoms with Crippen molar-refractivity contribution in [3.05, 3.63) is 35.2 Å². The third-order valence-electron chi connectivity index (χ3n) is 2.71. The van der Waals surface area contributed by atoms with E-state index in [1.165, 1.54) is 0 Å². The Labute approximate surface area is 124 Å². The van der Waals surface area contributed by atoms with Gasteiger partial charge in [0.2, 0.25) is 21.9 Å². The second-order valence-corrected chi connectivity index (χ2v) is 6.63. The first-order chi connectivity index (χ1) is 9.97. The maximum absolute atomic E-state index is 12.3. The highest BCUT2D eigenvalue weighted by molar-refractivity contribution is 7.89. The number of thiophene rings is 1. The van der Waals surface area contributed by atoms with Gasteiger partial charge in [-0.2, -0.15) is 0 Å². The van der Waals surface area contributed by atoms with Crippen LogP contribution in [0.5, 0.6) is 10.8 Å². The van der Waals surface area contributed by atoms with Crippen LogP contribution in [0.1, 0.15) is 9.67 Å². The molecule has 2 heterocycles. The topological polar surface area (TPSA) is 108 Å². The average molecular weight is 326 g/mol. The monoisotopic (exact) mass is 326 g/mol. The standard InChI is InChI=1S/C12H10N2O5S2/c13-21(16,17)10-8-12(19-6-18-8)20-9(10)11(15)14-7-4-2-1-3-5-7/h1-5H,6H2,(H,14,15)(H2,13,16,17). The minimum absolute atomic E-state index is 0.000659. The summed E-state index contributed by atoms with van der Waals surface area (Å²) in [5.41, 5.74) is 0.540.